The summed E-state index contributed by atoms with van der Waals surface area (Å²) >= 11 is 0. The first-order valence-electron chi connectivity index (χ1n) is 48.6. The van der Waals surface area contributed by atoms with Crippen molar-refractivity contribution in [2.24, 2.45) is 51.6 Å². The monoisotopic (exact) mass is 2090 g/mol. The lowest BCUT2D eigenvalue weighted by Crippen LogP contribution is -2.61. The van der Waals surface area contributed by atoms with Crippen molar-refractivity contribution >= 4 is 141 Å². The Bertz CT molecular complexity index is 5740. The normalized spacial score (nSPS) is 25.4. The number of nitrogens with one attached hydrogen (secondary N) is 6. The predicted molar refractivity (Wildman–Crippen MR) is 547 cm³/mol. The lowest BCUT2D eigenvalue weighted by Gasteiger charge is -2.44. The van der Waals surface area contributed by atoms with E-state index in [-0.39, 0.29) is 175 Å². The number of aliphatic hydroxyl groups excluding tert-OH is 3. The molecule has 0 saturated carbocycles. The Labute approximate surface area is 864 Å². The number of nitrogens with two attached hydrogens (primary N) is 1. The van der Waals surface area contributed by atoms with Crippen LogP contribution in [0.25, 0.3) is 0 Å². The van der Waals surface area contributed by atoms with Crippen molar-refractivity contribution in [2.45, 2.75) is 320 Å². The highest BCUT2D eigenvalue weighted by molar-refractivity contribution is 6.02. The molecule has 12 aliphatic heterocycles. The molecule has 149 heavy (non-hydrogen) atoms. The Hall–Kier alpha value is -14.1. The zero-order valence-corrected chi connectivity index (χ0v) is 89.6. The number of alkyl carbamates (subject to hydrolysis) is 3. The second kappa shape index (κ2) is 46.3. The van der Waals surface area contributed by atoms with Gasteiger partial charge in [0.2, 0.25) is 23.8 Å². The Morgan fingerprint density at radius 2 is 0.886 bits per heavy atom. The molecule has 818 valence electrons. The maximum Gasteiger partial charge on any atom is 0.407 e. The number of nitrogens with zero attached hydrogens (tertiary/aromatic N) is 24. The number of aromatic nitrogens is 6. The van der Waals surface area contributed by atoms with Crippen molar-refractivity contribution in [1.29, 1.82) is 0 Å². The van der Waals surface area contributed by atoms with Gasteiger partial charge in [-0.3, -0.25) is 92.4 Å². The van der Waals surface area contributed by atoms with Crippen LogP contribution in [0.2, 0.25) is 0 Å². The Morgan fingerprint density at radius 3 is 1.32 bits per heavy atom. The summed E-state index contributed by atoms with van der Waals surface area (Å²) in [6, 6.07) is -5.29. The highest BCUT2D eigenvalue weighted by Gasteiger charge is 2.55. The van der Waals surface area contributed by atoms with E-state index in [9.17, 15) is 78.1 Å². The first-order valence-corrected chi connectivity index (χ1v) is 48.6. The molecule has 16 rings (SSSR count). The fourth-order valence-corrected chi connectivity index (χ4v) is 19.0. The van der Waals surface area contributed by atoms with Crippen molar-refractivity contribution in [3.63, 3.8) is 0 Å². The lowest BCUT2D eigenvalue weighted by molar-refractivity contribution is -0.285. The minimum Gasteiger partial charge on any atom is -0.466 e. The molecule has 12 N–H and O–H groups in total. The van der Waals surface area contributed by atoms with Crippen molar-refractivity contribution in [2.75, 3.05) is 90.6 Å². The van der Waals surface area contributed by atoms with Crippen molar-refractivity contribution in [1.82, 2.24) is 94.9 Å². The van der Waals surface area contributed by atoms with Gasteiger partial charge in [-0.2, -0.15) is 0 Å². The summed E-state index contributed by atoms with van der Waals surface area (Å²) in [5, 5.41) is 55.7. The number of imidazole rings is 3. The van der Waals surface area contributed by atoms with Gasteiger partial charge in [0.1, 0.15) is 62.6 Å². The maximum atomic E-state index is 13.5. The fraction of sp³-hybridized carbons (Fsp3) is 0.653. The Kier molecular flexibility index (Phi) is 35.8. The number of anilines is 3. The summed E-state index contributed by atoms with van der Waals surface area (Å²) in [5.74, 6) is 0.316. The molecule has 54 nitrogen and oxygen atoms in total. The number of hydrogen-bond donors (Lipinski definition) is 11. The van der Waals surface area contributed by atoms with Crippen molar-refractivity contribution in [3.05, 3.63) is 58.1 Å². The number of amides is 6. The van der Waals surface area contributed by atoms with Crippen LogP contribution in [0.3, 0.4) is 0 Å². The number of ether oxygens (including phenoxy) is 6. The van der Waals surface area contributed by atoms with Crippen LogP contribution in [-0.4, -0.2) is 432 Å². The molecule has 3 aromatic heterocycles. The zero-order valence-electron chi connectivity index (χ0n) is 89.6. The number of likely N-dealkylation sites (N-methyl/N-ethyl adjacent to an activating group) is 4. The standard InChI is InChI=1S/C20H30N6O7.C20H30N6O6.C20H30N6O5.C16H25N5O3.C10H16N4O.C9H14N4O/c1-11-13(7-14(33-30)12(8-32-10-27)23-19(29)31-6)26-17(28)15-16(24(5)18(26)22-11)25(9-21-15)20(2,3)4;1-11-13(7-14(28)12(8-32-10-27)23-19(30)31-6)26-17(29)15-16(24(5)18(26)22-11)25(9-21-15)20(2,3)4;1-12-14(8-7-13(9-31-11-27)23-19(29)30-6)26-17(28)15-16(24(5)18(26)22-12)25(10-21-15)20(2,3)4;1-16(2,3)21-7-8(6-18-9-4-5-10(22)12(9)23)11-13(21)19-15(17)20-14(11)24;1-10(2,3)14-6-11-7-8(14)12-5-13(4)9(7)15;1-9(2,3)13-5-12-6-7(13)10-4-11-8(6)14/h9-10,12,14-16,30H,7-8H2,1-6H3,(H,23,29);9-10,12,14-16,28H,7-8H2,1-6H3,(H,23,30);10-11,13,15-16H,7-9H2,1-6H3,(H,23,29);4-5,7,9-13,18,22-23H,6H2,1-3H3,(H3,17,19,20,24);5-8H,1-4H3;4-7H,1-3H3,(H,10,11,14). The summed E-state index contributed by atoms with van der Waals surface area (Å²) in [5.41, 5.74) is 9.14. The molecule has 20 unspecified atom stereocenters. The maximum absolute atomic E-state index is 13.5. The molecule has 13 aliphatic rings. The van der Waals surface area contributed by atoms with Gasteiger partial charge in [0.25, 0.3) is 49.0 Å². The van der Waals surface area contributed by atoms with Crippen molar-refractivity contribution < 1.29 is 111 Å². The van der Waals surface area contributed by atoms with Crippen LogP contribution in [0.1, 0.15) is 180 Å². The fourth-order valence-electron chi connectivity index (χ4n) is 19.0. The number of aryl methyl sites for hydroxylation is 3. The minimum absolute atomic E-state index is 0.00201. The van der Waals surface area contributed by atoms with Crippen LogP contribution in [0.4, 0.5) is 32.2 Å². The number of guanidine groups is 1. The van der Waals surface area contributed by atoms with Crippen LogP contribution < -0.4 is 52.3 Å². The molecular weight excluding hydrogens is 1940 g/mol. The largest absolute Gasteiger partial charge is 0.466 e. The molecule has 3 aromatic rings. The van der Waals surface area contributed by atoms with E-state index in [1.54, 1.807) is 75.6 Å². The first-order chi connectivity index (χ1) is 69.7. The second-order valence-corrected chi connectivity index (χ2v) is 43.4. The average Bonchev–Trinajstić information content (AvgIpc) is 1.58. The lowest BCUT2D eigenvalue weighted by atomic mass is 9.96. The number of fused-ring (bicyclic) bond motifs is 9. The van der Waals surface area contributed by atoms with Crippen LogP contribution in [0.5, 0.6) is 0 Å². The number of aliphatic hydroxyl groups is 3. The molecule has 0 aromatic carbocycles. The van der Waals surface area contributed by atoms with Crippen LogP contribution in [0, 0.1) is 26.7 Å². The number of rotatable bonds is 25. The van der Waals surface area contributed by atoms with Crippen LogP contribution in [-0.2, 0) is 81.3 Å². The SMILES string of the molecule is CC(C)(C)N1C=C(CNC2C=CC(O)C2O)C2C(=O)NC(N)=NC21.CC(C)(C)N1C=NC2C(=O)NC=NC21.CN1C=NC2C(N=CN2C(C)(C)C)C1=O.COC(=O)NC(CCc1c(C)nc2n1C(=O)C1N=CN(C(C)(C)C)C1N2C)COC=O.COC(=O)NC(COC=O)C(Cc1c(C)nc2n1C(=O)C1N=CN(C(C)(C)C)C1N2C)OO.COC(=O)NC(COC=O)C(O)Cc1c(C)nc2n1C(=O)C1N=CN(C(C)(C)C)C1N2C. The van der Waals surface area contributed by atoms with Gasteiger partial charge in [-0.1, -0.05) is 12.2 Å². The third-order valence-electron chi connectivity index (χ3n) is 26.9. The predicted octanol–water partition coefficient (Wildman–Crippen LogP) is 0.212. The second-order valence-electron chi connectivity index (χ2n) is 43.4. The highest BCUT2D eigenvalue weighted by atomic mass is 17.1. The van der Waals surface area contributed by atoms with Crippen LogP contribution in [0.15, 0.2) is 63.9 Å². The third-order valence-corrected chi connectivity index (χ3v) is 26.9. The molecule has 54 heteroatoms. The zero-order chi connectivity index (χ0) is 110. The average molecular weight is 2090 g/mol. The molecule has 0 spiro atoms. The van der Waals surface area contributed by atoms with E-state index in [4.69, 9.17) is 19.9 Å². The third kappa shape index (κ3) is 25.0. The molecule has 15 heterocycles. The number of hydrogen-bond acceptors (Lipinski definition) is 45. The van der Waals surface area contributed by atoms with E-state index in [0.29, 0.717) is 66.5 Å². The molecule has 0 saturated heterocycles. The van der Waals surface area contributed by atoms with Gasteiger partial charge in [-0.15, -0.1) is 0 Å². The van der Waals surface area contributed by atoms with Crippen molar-refractivity contribution in [3.8, 4) is 0 Å². The number of aliphatic imine (C=N–C) groups is 8. The smallest absolute Gasteiger partial charge is 0.407 e. The van der Waals surface area contributed by atoms with E-state index in [2.05, 4.69) is 194 Å². The number of methoxy groups -OCH3 is 3. The Balaban J connectivity index is 0.000000174. The molecule has 20 atom stereocenters. The van der Waals surface area contributed by atoms with E-state index in [1.165, 1.54) is 41.7 Å². The van der Waals surface area contributed by atoms with Gasteiger partial charge >= 0.3 is 18.3 Å². The summed E-state index contributed by atoms with van der Waals surface area (Å²) < 4.78 is 32.7. The summed E-state index contributed by atoms with van der Waals surface area (Å²) in [7, 11) is 10.9. The number of carbonyl (C=O) groups is 12. The van der Waals surface area contributed by atoms with Gasteiger partial charge in [0.15, 0.2) is 48.5 Å². The summed E-state index contributed by atoms with van der Waals surface area (Å²) in [6.07, 6.45) is 10.00. The minimum atomic E-state index is -1.18. The summed E-state index contributed by atoms with van der Waals surface area (Å²) in [6.45, 7) is 43.1. The molecular formula is C95H145N31O23. The van der Waals surface area contributed by atoms with Gasteiger partial charge in [-0.25, -0.2) is 49.2 Å². The van der Waals surface area contributed by atoms with E-state index < -0.39 is 84.9 Å². The molecule has 0 radical (unpaired) electrons. The highest BCUT2D eigenvalue weighted by Crippen LogP contribution is 2.42. The van der Waals surface area contributed by atoms with Gasteiger partial charge in [-0.05, 0) is 164 Å². The topological polar surface area (TPSA) is 633 Å². The van der Waals surface area contributed by atoms with Gasteiger partial charge in [0, 0.05) is 87.0 Å². The van der Waals surface area contributed by atoms with E-state index in [1.807, 2.05) is 115 Å². The van der Waals surface area contributed by atoms with Gasteiger partial charge in [0.05, 0.1) is 136 Å². The van der Waals surface area contributed by atoms with E-state index in [0.717, 1.165) is 17.0 Å². The molecule has 0 fully saturated rings. The first kappa shape index (κ1) is 115. The van der Waals surface area contributed by atoms with Gasteiger partial charge < -0.3 is 125 Å². The quantitative estimate of drug-likeness (QED) is 0.0178. The van der Waals surface area contributed by atoms with E-state index >= 15 is 0 Å². The molecule has 1 aliphatic carbocycles. The number of carbonyl (C=O) groups excluding carboxylic acids is 12. The molecule has 6 amide bonds. The summed E-state index contributed by atoms with van der Waals surface area (Å²) in [4.78, 5) is 215. The molecule has 0 bridgehead atoms. The Morgan fingerprint density at radius 1 is 0.483 bits per heavy atom. The van der Waals surface area contributed by atoms with Crippen LogP contribution >= 0.6 is 0 Å².